The standard InChI is InChI=1S/C26H23Cl2N3O/c1-2-17-8-3-5-12-23(17)30-15-18(14-25(30)32)26-29-22-11-4-6-13-24(22)31(26)16-19-20(27)9-7-10-21(19)28/h3-13,18H,2,14-16H2,1H3. The molecular formula is C26H23Cl2N3O. The normalized spacial score (nSPS) is 16.3. The number of carbonyl (C=O) groups excluding carboxylic acids is 1. The zero-order chi connectivity index (χ0) is 22.2. The molecule has 1 aromatic heterocycles. The van der Waals surface area contributed by atoms with Gasteiger partial charge in [0.1, 0.15) is 5.82 Å². The fourth-order valence-corrected chi connectivity index (χ4v) is 5.12. The summed E-state index contributed by atoms with van der Waals surface area (Å²) in [6.07, 6.45) is 1.31. The first-order chi connectivity index (χ1) is 15.6. The van der Waals surface area contributed by atoms with Crippen LogP contribution in [0.5, 0.6) is 0 Å². The molecule has 1 fully saturated rings. The minimum Gasteiger partial charge on any atom is -0.323 e. The first kappa shape index (κ1) is 21.0. The molecule has 1 atom stereocenters. The van der Waals surface area contributed by atoms with Crippen molar-refractivity contribution in [3.05, 3.63) is 93.7 Å². The van der Waals surface area contributed by atoms with E-state index in [0.717, 1.165) is 34.5 Å². The summed E-state index contributed by atoms with van der Waals surface area (Å²) in [4.78, 5) is 19.9. The van der Waals surface area contributed by atoms with Gasteiger partial charge in [-0.2, -0.15) is 0 Å². The molecule has 3 aromatic carbocycles. The lowest BCUT2D eigenvalue weighted by Gasteiger charge is -2.20. The number of imidazole rings is 1. The summed E-state index contributed by atoms with van der Waals surface area (Å²) in [5.74, 6) is 1.01. The van der Waals surface area contributed by atoms with Gasteiger partial charge in [-0.1, -0.05) is 66.5 Å². The van der Waals surface area contributed by atoms with Gasteiger partial charge in [0.05, 0.1) is 17.6 Å². The second-order valence-corrected chi connectivity index (χ2v) is 8.95. The Morgan fingerprint density at radius 1 is 0.969 bits per heavy atom. The largest absolute Gasteiger partial charge is 0.323 e. The average Bonchev–Trinajstić information content (AvgIpc) is 3.36. The van der Waals surface area contributed by atoms with Crippen LogP contribution in [0.15, 0.2) is 66.7 Å². The second-order valence-electron chi connectivity index (χ2n) is 8.13. The molecule has 2 heterocycles. The van der Waals surface area contributed by atoms with Crippen molar-refractivity contribution in [2.24, 2.45) is 0 Å². The molecule has 1 saturated heterocycles. The Labute approximate surface area is 197 Å². The highest BCUT2D eigenvalue weighted by molar-refractivity contribution is 6.36. The van der Waals surface area contributed by atoms with Crippen molar-refractivity contribution in [1.29, 1.82) is 0 Å². The SMILES string of the molecule is CCc1ccccc1N1CC(c2nc3ccccc3n2Cc2c(Cl)cccc2Cl)CC1=O. The van der Waals surface area contributed by atoms with Crippen LogP contribution in [-0.2, 0) is 17.8 Å². The highest BCUT2D eigenvalue weighted by Crippen LogP contribution is 2.36. The van der Waals surface area contributed by atoms with E-state index < -0.39 is 0 Å². The number of rotatable bonds is 5. The van der Waals surface area contributed by atoms with Crippen LogP contribution in [0.4, 0.5) is 5.69 Å². The predicted octanol–water partition coefficient (Wildman–Crippen LogP) is 6.47. The van der Waals surface area contributed by atoms with E-state index in [-0.39, 0.29) is 11.8 Å². The van der Waals surface area contributed by atoms with E-state index in [2.05, 4.69) is 23.6 Å². The molecule has 0 bridgehead atoms. The molecule has 0 N–H and O–H groups in total. The van der Waals surface area contributed by atoms with E-state index in [1.54, 1.807) is 0 Å². The van der Waals surface area contributed by atoms with Gasteiger partial charge in [0.2, 0.25) is 5.91 Å². The van der Waals surface area contributed by atoms with Crippen LogP contribution in [0, 0.1) is 0 Å². The molecule has 162 valence electrons. The molecule has 0 spiro atoms. The van der Waals surface area contributed by atoms with Gasteiger partial charge in [0.15, 0.2) is 0 Å². The van der Waals surface area contributed by atoms with Gasteiger partial charge in [-0.05, 0) is 42.3 Å². The Kier molecular flexibility index (Phi) is 5.66. The van der Waals surface area contributed by atoms with Crippen molar-refractivity contribution in [1.82, 2.24) is 9.55 Å². The van der Waals surface area contributed by atoms with E-state index >= 15 is 0 Å². The molecule has 4 aromatic rings. The number of aromatic nitrogens is 2. The molecule has 1 aliphatic heterocycles. The molecular weight excluding hydrogens is 441 g/mol. The number of nitrogens with zero attached hydrogens (tertiary/aromatic N) is 3. The molecule has 5 rings (SSSR count). The van der Waals surface area contributed by atoms with Crippen LogP contribution >= 0.6 is 23.2 Å². The van der Waals surface area contributed by atoms with Gasteiger partial charge < -0.3 is 9.47 Å². The quantitative estimate of drug-likeness (QED) is 0.339. The third-order valence-electron chi connectivity index (χ3n) is 6.22. The van der Waals surface area contributed by atoms with E-state index in [9.17, 15) is 4.79 Å². The van der Waals surface area contributed by atoms with Crippen LogP contribution in [0.3, 0.4) is 0 Å². The maximum absolute atomic E-state index is 13.1. The zero-order valence-corrected chi connectivity index (χ0v) is 19.3. The summed E-state index contributed by atoms with van der Waals surface area (Å²) in [6, 6.07) is 21.7. The monoisotopic (exact) mass is 463 g/mol. The third-order valence-corrected chi connectivity index (χ3v) is 6.92. The van der Waals surface area contributed by atoms with E-state index in [4.69, 9.17) is 28.2 Å². The molecule has 1 aliphatic rings. The van der Waals surface area contributed by atoms with Crippen molar-refractivity contribution in [3.63, 3.8) is 0 Å². The molecule has 0 saturated carbocycles. The summed E-state index contributed by atoms with van der Waals surface area (Å²) < 4.78 is 2.16. The lowest BCUT2D eigenvalue weighted by atomic mass is 10.1. The third kappa shape index (κ3) is 3.68. The van der Waals surface area contributed by atoms with Crippen molar-refractivity contribution in [3.8, 4) is 0 Å². The first-order valence-corrected chi connectivity index (χ1v) is 11.6. The maximum atomic E-state index is 13.1. The van der Waals surface area contributed by atoms with Crippen molar-refractivity contribution in [2.45, 2.75) is 32.2 Å². The van der Waals surface area contributed by atoms with Crippen LogP contribution in [-0.4, -0.2) is 22.0 Å². The minimum atomic E-state index is -0.0129. The van der Waals surface area contributed by atoms with Crippen molar-refractivity contribution >= 4 is 45.8 Å². The molecule has 0 aliphatic carbocycles. The lowest BCUT2D eigenvalue weighted by molar-refractivity contribution is -0.117. The maximum Gasteiger partial charge on any atom is 0.227 e. The molecule has 0 radical (unpaired) electrons. The Bertz CT molecular complexity index is 1290. The van der Waals surface area contributed by atoms with Crippen LogP contribution in [0.25, 0.3) is 11.0 Å². The van der Waals surface area contributed by atoms with Crippen LogP contribution in [0.2, 0.25) is 10.0 Å². The fraction of sp³-hybridized carbons (Fsp3) is 0.231. The van der Waals surface area contributed by atoms with E-state index in [0.29, 0.717) is 29.6 Å². The van der Waals surface area contributed by atoms with E-state index in [1.165, 1.54) is 5.56 Å². The minimum absolute atomic E-state index is 0.0129. The highest BCUT2D eigenvalue weighted by Gasteiger charge is 2.35. The molecule has 6 heteroatoms. The number of aryl methyl sites for hydroxylation is 1. The Balaban J connectivity index is 1.56. The molecule has 1 unspecified atom stereocenters. The van der Waals surface area contributed by atoms with Crippen LogP contribution in [0.1, 0.15) is 36.2 Å². The number of para-hydroxylation sites is 3. The van der Waals surface area contributed by atoms with Gasteiger partial charge in [0, 0.05) is 40.2 Å². The van der Waals surface area contributed by atoms with Crippen molar-refractivity contribution < 1.29 is 4.79 Å². The van der Waals surface area contributed by atoms with Gasteiger partial charge in [0.25, 0.3) is 0 Å². The number of fused-ring (bicyclic) bond motifs is 1. The number of carbonyl (C=O) groups is 1. The fourth-order valence-electron chi connectivity index (χ4n) is 4.60. The number of benzene rings is 3. The van der Waals surface area contributed by atoms with E-state index in [1.807, 2.05) is 59.5 Å². The van der Waals surface area contributed by atoms with Crippen molar-refractivity contribution in [2.75, 3.05) is 11.4 Å². The number of anilines is 1. The van der Waals surface area contributed by atoms with Crippen LogP contribution < -0.4 is 4.90 Å². The Morgan fingerprint density at radius 2 is 1.69 bits per heavy atom. The Hall–Kier alpha value is -2.82. The summed E-state index contributed by atoms with van der Waals surface area (Å²) in [6.45, 7) is 3.23. The second kappa shape index (κ2) is 8.61. The number of hydrogen-bond acceptors (Lipinski definition) is 2. The molecule has 4 nitrogen and oxygen atoms in total. The van der Waals surface area contributed by atoms with Gasteiger partial charge >= 0.3 is 0 Å². The lowest BCUT2D eigenvalue weighted by Crippen LogP contribution is -2.25. The summed E-state index contributed by atoms with van der Waals surface area (Å²) in [5.41, 5.74) is 4.96. The average molecular weight is 464 g/mol. The molecule has 1 amide bonds. The first-order valence-electron chi connectivity index (χ1n) is 10.8. The summed E-state index contributed by atoms with van der Waals surface area (Å²) >= 11 is 13.0. The number of amides is 1. The van der Waals surface area contributed by atoms with Gasteiger partial charge in [-0.25, -0.2) is 4.98 Å². The molecule has 32 heavy (non-hydrogen) atoms. The number of hydrogen-bond donors (Lipinski definition) is 0. The van der Waals surface area contributed by atoms with Gasteiger partial charge in [-0.15, -0.1) is 0 Å². The summed E-state index contributed by atoms with van der Waals surface area (Å²) in [5, 5.41) is 1.25. The summed E-state index contributed by atoms with van der Waals surface area (Å²) in [7, 11) is 0. The number of halogens is 2. The van der Waals surface area contributed by atoms with Gasteiger partial charge in [-0.3, -0.25) is 4.79 Å². The Morgan fingerprint density at radius 3 is 2.47 bits per heavy atom. The highest BCUT2D eigenvalue weighted by atomic mass is 35.5. The zero-order valence-electron chi connectivity index (χ0n) is 17.8. The topological polar surface area (TPSA) is 38.1 Å². The smallest absolute Gasteiger partial charge is 0.227 e. The predicted molar refractivity (Wildman–Crippen MR) is 131 cm³/mol.